The highest BCUT2D eigenvalue weighted by Gasteiger charge is 2.32. The van der Waals surface area contributed by atoms with Crippen LogP contribution in [0.25, 0.3) is 0 Å². The van der Waals surface area contributed by atoms with Crippen LogP contribution in [0.15, 0.2) is 0 Å². The summed E-state index contributed by atoms with van der Waals surface area (Å²) in [5, 5.41) is 0. The van der Waals surface area contributed by atoms with Crippen molar-refractivity contribution < 1.29 is 22.0 Å². The minimum absolute atomic E-state index is 0.471. The Morgan fingerprint density at radius 1 is 0.588 bits per heavy atom. The molecule has 0 N–H and O–H groups in total. The molecule has 0 nitrogen and oxygen atoms in total. The molecular formula is C11H10BF5. The monoisotopic (exact) mass is 248 g/mol. The van der Waals surface area contributed by atoms with Gasteiger partial charge in [-0.2, -0.15) is 0 Å². The van der Waals surface area contributed by atoms with E-state index >= 15 is 0 Å². The lowest BCUT2D eigenvalue weighted by atomic mass is 9.37. The molecule has 1 aromatic rings. The number of halogens is 5. The SMILES string of the molecule is Fc1c(F)c(F)c(B2CCCCC2)c(F)c1F. The molecule has 0 spiro atoms. The van der Waals surface area contributed by atoms with E-state index in [2.05, 4.69) is 0 Å². The van der Waals surface area contributed by atoms with Crippen molar-refractivity contribution in [2.24, 2.45) is 0 Å². The van der Waals surface area contributed by atoms with Crippen molar-refractivity contribution >= 4 is 12.2 Å². The lowest BCUT2D eigenvalue weighted by Gasteiger charge is -2.20. The van der Waals surface area contributed by atoms with Crippen LogP contribution in [0.5, 0.6) is 0 Å². The van der Waals surface area contributed by atoms with Crippen LogP contribution in [0.1, 0.15) is 19.3 Å². The van der Waals surface area contributed by atoms with Crippen LogP contribution < -0.4 is 5.46 Å². The molecule has 0 radical (unpaired) electrons. The molecular weight excluding hydrogens is 238 g/mol. The van der Waals surface area contributed by atoms with E-state index in [0.29, 0.717) is 12.6 Å². The maximum absolute atomic E-state index is 13.5. The zero-order valence-corrected chi connectivity index (χ0v) is 9.00. The molecule has 2 rings (SSSR count). The molecule has 0 aromatic heterocycles. The summed E-state index contributed by atoms with van der Waals surface area (Å²) in [6.45, 7) is -0.562. The molecule has 1 fully saturated rings. The van der Waals surface area contributed by atoms with Gasteiger partial charge in [0.25, 0.3) is 0 Å². The molecule has 0 saturated carbocycles. The van der Waals surface area contributed by atoms with Crippen LogP contribution in [0.4, 0.5) is 22.0 Å². The summed E-state index contributed by atoms with van der Waals surface area (Å²) in [6, 6.07) is 0. The second kappa shape index (κ2) is 4.66. The Hall–Kier alpha value is -1.07. The number of benzene rings is 1. The first kappa shape index (κ1) is 12.4. The van der Waals surface area contributed by atoms with E-state index in [4.69, 9.17) is 0 Å². The van der Waals surface area contributed by atoms with Gasteiger partial charge in [-0.1, -0.05) is 31.9 Å². The second-order valence-electron chi connectivity index (χ2n) is 4.32. The van der Waals surface area contributed by atoms with Gasteiger partial charge in [0, 0.05) is 0 Å². The summed E-state index contributed by atoms with van der Waals surface area (Å²) in [7, 11) is 0. The van der Waals surface area contributed by atoms with Gasteiger partial charge in [0.2, 0.25) is 0 Å². The molecule has 0 amide bonds. The zero-order valence-electron chi connectivity index (χ0n) is 9.00. The third kappa shape index (κ3) is 2.05. The van der Waals surface area contributed by atoms with E-state index < -0.39 is 41.3 Å². The molecule has 92 valence electrons. The van der Waals surface area contributed by atoms with Crippen LogP contribution in [0.3, 0.4) is 0 Å². The van der Waals surface area contributed by atoms with Gasteiger partial charge in [-0.15, -0.1) is 0 Å². The van der Waals surface area contributed by atoms with E-state index in [1.807, 2.05) is 0 Å². The summed E-state index contributed by atoms with van der Waals surface area (Å²) >= 11 is 0. The van der Waals surface area contributed by atoms with Gasteiger partial charge in [0.1, 0.15) is 0 Å². The van der Waals surface area contributed by atoms with Crippen molar-refractivity contribution in [2.45, 2.75) is 31.9 Å². The lowest BCUT2D eigenvalue weighted by Crippen LogP contribution is -2.39. The highest BCUT2D eigenvalue weighted by molar-refractivity contribution is 6.73. The van der Waals surface area contributed by atoms with Crippen LogP contribution in [-0.4, -0.2) is 6.71 Å². The minimum atomic E-state index is -2.08. The smallest absolute Gasteiger partial charge is 0.200 e. The second-order valence-corrected chi connectivity index (χ2v) is 4.32. The van der Waals surface area contributed by atoms with E-state index in [9.17, 15) is 22.0 Å². The van der Waals surface area contributed by atoms with Crippen molar-refractivity contribution in [2.75, 3.05) is 0 Å². The van der Waals surface area contributed by atoms with Crippen LogP contribution in [0.2, 0.25) is 12.6 Å². The van der Waals surface area contributed by atoms with Gasteiger partial charge < -0.3 is 0 Å². The maximum atomic E-state index is 13.5. The Labute approximate surface area is 95.9 Å². The van der Waals surface area contributed by atoms with Gasteiger partial charge in [-0.3, -0.25) is 0 Å². The summed E-state index contributed by atoms with van der Waals surface area (Å²) in [5.41, 5.74) is -0.638. The van der Waals surface area contributed by atoms with Crippen LogP contribution in [-0.2, 0) is 0 Å². The summed E-state index contributed by atoms with van der Waals surface area (Å²) in [4.78, 5) is 0. The van der Waals surface area contributed by atoms with E-state index in [1.165, 1.54) is 0 Å². The fraction of sp³-hybridized carbons (Fsp3) is 0.455. The molecule has 0 bridgehead atoms. The standard InChI is InChI=1S/C11H10BF5/c13-7-6(12-4-2-1-3-5-12)8(14)10(16)11(17)9(7)15/h1-5H2. The molecule has 1 heterocycles. The number of rotatable bonds is 1. The Balaban J connectivity index is 2.52. The van der Waals surface area contributed by atoms with Crippen molar-refractivity contribution in [1.29, 1.82) is 0 Å². The average Bonchev–Trinajstić information content (AvgIpc) is 2.36. The quantitative estimate of drug-likeness (QED) is 0.309. The maximum Gasteiger partial charge on any atom is 0.200 e. The lowest BCUT2D eigenvalue weighted by molar-refractivity contribution is 0.383. The Morgan fingerprint density at radius 2 is 1.00 bits per heavy atom. The Bertz CT molecular complexity index is 411. The van der Waals surface area contributed by atoms with E-state index in [-0.39, 0.29) is 0 Å². The normalized spacial score (nSPS) is 16.4. The van der Waals surface area contributed by atoms with Crippen LogP contribution in [0, 0.1) is 29.1 Å². The van der Waals surface area contributed by atoms with Gasteiger partial charge in [-0.25, -0.2) is 22.0 Å². The Kier molecular flexibility index (Phi) is 3.40. The molecule has 0 unspecified atom stereocenters. The topological polar surface area (TPSA) is 0 Å². The predicted molar refractivity (Wildman–Crippen MR) is 55.1 cm³/mol. The molecule has 1 saturated heterocycles. The van der Waals surface area contributed by atoms with Gasteiger partial charge in [0.05, 0.1) is 0 Å². The third-order valence-electron chi connectivity index (χ3n) is 3.26. The number of hydrogen-bond donors (Lipinski definition) is 0. The first-order valence-electron chi connectivity index (χ1n) is 5.55. The fourth-order valence-electron chi connectivity index (χ4n) is 2.37. The number of hydrogen-bond acceptors (Lipinski definition) is 0. The van der Waals surface area contributed by atoms with Crippen molar-refractivity contribution in [3.63, 3.8) is 0 Å². The molecule has 6 heteroatoms. The summed E-state index contributed by atoms with van der Waals surface area (Å²) in [5.74, 6) is -9.12. The predicted octanol–water partition coefficient (Wildman–Crippen LogP) is 3.27. The van der Waals surface area contributed by atoms with Crippen LogP contribution >= 0.6 is 0 Å². The van der Waals surface area contributed by atoms with Crippen molar-refractivity contribution in [3.8, 4) is 0 Å². The highest BCUT2D eigenvalue weighted by Crippen LogP contribution is 2.23. The van der Waals surface area contributed by atoms with Crippen molar-refractivity contribution in [1.82, 2.24) is 0 Å². The molecule has 1 aliphatic rings. The average molecular weight is 248 g/mol. The summed E-state index contributed by atoms with van der Waals surface area (Å²) in [6.07, 6.45) is 3.39. The molecule has 0 aliphatic carbocycles. The Morgan fingerprint density at radius 3 is 1.47 bits per heavy atom. The first-order chi connectivity index (χ1) is 8.04. The molecule has 17 heavy (non-hydrogen) atoms. The van der Waals surface area contributed by atoms with Gasteiger partial charge in [0.15, 0.2) is 35.8 Å². The van der Waals surface area contributed by atoms with Gasteiger partial charge in [-0.05, 0) is 5.46 Å². The largest absolute Gasteiger partial charge is 0.204 e. The molecule has 1 aliphatic heterocycles. The summed E-state index contributed by atoms with van der Waals surface area (Å²) < 4.78 is 65.8. The highest BCUT2D eigenvalue weighted by atomic mass is 19.2. The zero-order chi connectivity index (χ0) is 12.6. The van der Waals surface area contributed by atoms with Gasteiger partial charge >= 0.3 is 0 Å². The minimum Gasteiger partial charge on any atom is -0.204 e. The van der Waals surface area contributed by atoms with Crippen molar-refractivity contribution in [3.05, 3.63) is 29.1 Å². The van der Waals surface area contributed by atoms with E-state index in [1.54, 1.807) is 0 Å². The first-order valence-corrected chi connectivity index (χ1v) is 5.55. The van der Waals surface area contributed by atoms with E-state index in [0.717, 1.165) is 19.3 Å². The molecule has 0 atom stereocenters. The molecule has 1 aromatic carbocycles. The fourth-order valence-corrected chi connectivity index (χ4v) is 2.37. The third-order valence-corrected chi connectivity index (χ3v) is 3.26.